The van der Waals surface area contributed by atoms with Crippen molar-refractivity contribution in [3.05, 3.63) is 58.6 Å². The zero-order valence-corrected chi connectivity index (χ0v) is 15.9. The Kier molecular flexibility index (Phi) is 6.75. The molecule has 0 bridgehead atoms. The summed E-state index contributed by atoms with van der Waals surface area (Å²) in [4.78, 5) is 21.3. The molecule has 0 N–H and O–H groups in total. The van der Waals surface area contributed by atoms with E-state index >= 15 is 0 Å². The number of carbonyl (C=O) groups excluding carboxylic acids is 1. The first kappa shape index (κ1) is 20.7. The molecule has 2 aromatic carbocycles. The van der Waals surface area contributed by atoms with Crippen LogP contribution < -0.4 is 9.04 Å². The van der Waals surface area contributed by atoms with Crippen molar-refractivity contribution in [1.82, 2.24) is 0 Å². The van der Waals surface area contributed by atoms with E-state index in [1.807, 2.05) is 6.92 Å². The average molecular weight is 413 g/mol. The van der Waals surface area contributed by atoms with E-state index in [-0.39, 0.29) is 5.69 Å². The number of nitro benzene ring substituents is 1. The number of anilines is 1. The standard InChI is InChI=1S/C17H17ClN2O6S/c1-2-11-26-14-9-7-13(8-10-14)19(12-17(18)21)27(24,25)16-6-4-3-5-15(16)20(22)23/h3-10H,2,11-12H2,1H3. The fraction of sp³-hybridized carbons (Fsp3) is 0.235. The highest BCUT2D eigenvalue weighted by molar-refractivity contribution is 7.93. The zero-order valence-electron chi connectivity index (χ0n) is 14.4. The summed E-state index contributed by atoms with van der Waals surface area (Å²) in [5.74, 6) is 0.529. The maximum atomic E-state index is 13.0. The first-order valence-corrected chi connectivity index (χ1v) is 9.76. The molecule has 0 aromatic heterocycles. The molecule has 0 fully saturated rings. The van der Waals surface area contributed by atoms with Gasteiger partial charge in [-0.3, -0.25) is 19.2 Å². The highest BCUT2D eigenvalue weighted by Crippen LogP contribution is 2.30. The number of sulfonamides is 1. The van der Waals surface area contributed by atoms with Crippen molar-refractivity contribution in [3.63, 3.8) is 0 Å². The number of benzene rings is 2. The number of rotatable bonds is 9. The molecule has 0 atom stereocenters. The number of para-hydroxylation sites is 1. The molecule has 0 aliphatic rings. The SMILES string of the molecule is CCCOc1ccc(N(CC(=O)Cl)S(=O)(=O)c2ccccc2[N+](=O)[O-])cc1. The minimum atomic E-state index is -4.41. The molecular weight excluding hydrogens is 396 g/mol. The number of halogens is 1. The Bertz CT molecular complexity index is 931. The molecule has 0 amide bonds. The lowest BCUT2D eigenvalue weighted by Crippen LogP contribution is -2.34. The third-order valence-corrected chi connectivity index (χ3v) is 5.44. The van der Waals surface area contributed by atoms with Crippen LogP contribution in [-0.2, 0) is 14.8 Å². The Morgan fingerprint density at radius 3 is 2.37 bits per heavy atom. The molecule has 2 rings (SSSR count). The van der Waals surface area contributed by atoms with Crippen LogP contribution in [0.3, 0.4) is 0 Å². The summed E-state index contributed by atoms with van der Waals surface area (Å²) in [7, 11) is -4.41. The fourth-order valence-corrected chi connectivity index (χ4v) is 4.07. The Morgan fingerprint density at radius 1 is 1.19 bits per heavy atom. The van der Waals surface area contributed by atoms with Gasteiger partial charge in [-0.15, -0.1) is 0 Å². The molecule has 0 saturated heterocycles. The van der Waals surface area contributed by atoms with E-state index in [1.165, 1.54) is 24.3 Å². The van der Waals surface area contributed by atoms with Gasteiger partial charge in [0.2, 0.25) is 5.24 Å². The van der Waals surface area contributed by atoms with Crippen LogP contribution in [0.1, 0.15) is 13.3 Å². The molecule has 10 heteroatoms. The molecular formula is C17H17ClN2O6S. The minimum absolute atomic E-state index is 0.131. The second kappa shape index (κ2) is 8.83. The van der Waals surface area contributed by atoms with E-state index in [9.17, 15) is 23.3 Å². The van der Waals surface area contributed by atoms with Gasteiger partial charge >= 0.3 is 0 Å². The van der Waals surface area contributed by atoms with Gasteiger partial charge in [-0.05, 0) is 48.4 Å². The quantitative estimate of drug-likeness (QED) is 0.355. The van der Waals surface area contributed by atoms with E-state index in [2.05, 4.69) is 0 Å². The molecule has 0 aliphatic carbocycles. The number of hydrogen-bond acceptors (Lipinski definition) is 6. The van der Waals surface area contributed by atoms with E-state index in [4.69, 9.17) is 16.3 Å². The van der Waals surface area contributed by atoms with Gasteiger partial charge in [0.05, 0.1) is 17.2 Å². The first-order valence-electron chi connectivity index (χ1n) is 7.94. The van der Waals surface area contributed by atoms with Gasteiger partial charge in [0, 0.05) is 6.07 Å². The van der Waals surface area contributed by atoms with Gasteiger partial charge in [0.25, 0.3) is 15.7 Å². The monoisotopic (exact) mass is 412 g/mol. The normalized spacial score (nSPS) is 11.0. The predicted molar refractivity (Wildman–Crippen MR) is 101 cm³/mol. The van der Waals surface area contributed by atoms with Gasteiger partial charge in [0.15, 0.2) is 4.90 Å². The lowest BCUT2D eigenvalue weighted by atomic mass is 10.3. The second-order valence-corrected chi connectivity index (χ2v) is 7.69. The summed E-state index contributed by atoms with van der Waals surface area (Å²) in [6, 6.07) is 10.9. The van der Waals surface area contributed by atoms with Crippen LogP contribution in [0.5, 0.6) is 5.75 Å². The summed E-state index contributed by atoms with van der Waals surface area (Å²) in [6.45, 7) is 1.77. The number of ether oxygens (including phenoxy) is 1. The molecule has 2 aromatic rings. The van der Waals surface area contributed by atoms with Crippen LogP contribution in [0.2, 0.25) is 0 Å². The Labute approximate surface area is 161 Å². The van der Waals surface area contributed by atoms with E-state index in [0.717, 1.165) is 22.9 Å². The first-order chi connectivity index (χ1) is 12.8. The van der Waals surface area contributed by atoms with Crippen molar-refractivity contribution in [2.45, 2.75) is 18.2 Å². The molecule has 8 nitrogen and oxygen atoms in total. The van der Waals surface area contributed by atoms with Crippen molar-refractivity contribution < 1.29 is 22.9 Å². The van der Waals surface area contributed by atoms with Gasteiger partial charge in [-0.1, -0.05) is 19.1 Å². The fourth-order valence-electron chi connectivity index (χ4n) is 2.30. The molecule has 0 radical (unpaired) electrons. The van der Waals surface area contributed by atoms with E-state index in [0.29, 0.717) is 12.4 Å². The van der Waals surface area contributed by atoms with Crippen LogP contribution in [-0.4, -0.2) is 31.7 Å². The van der Waals surface area contributed by atoms with Crippen LogP contribution >= 0.6 is 11.6 Å². The van der Waals surface area contributed by atoms with Crippen LogP contribution in [0, 0.1) is 10.1 Å². The molecule has 0 spiro atoms. The lowest BCUT2D eigenvalue weighted by molar-refractivity contribution is -0.387. The smallest absolute Gasteiger partial charge is 0.289 e. The summed E-state index contributed by atoms with van der Waals surface area (Å²) in [5, 5.41) is 10.3. The molecule has 0 aliphatic heterocycles. The Hall–Kier alpha value is -2.65. The number of carbonyl (C=O) groups is 1. The third kappa shape index (κ3) is 4.95. The highest BCUT2D eigenvalue weighted by Gasteiger charge is 2.32. The Morgan fingerprint density at radius 2 is 1.81 bits per heavy atom. The van der Waals surface area contributed by atoms with Gasteiger partial charge < -0.3 is 4.74 Å². The van der Waals surface area contributed by atoms with Crippen molar-refractivity contribution in [2.75, 3.05) is 17.5 Å². The molecule has 144 valence electrons. The van der Waals surface area contributed by atoms with Gasteiger partial charge in [0.1, 0.15) is 12.3 Å². The molecule has 27 heavy (non-hydrogen) atoms. The van der Waals surface area contributed by atoms with E-state index in [1.54, 1.807) is 12.1 Å². The predicted octanol–water partition coefficient (Wildman–Crippen LogP) is 3.34. The van der Waals surface area contributed by atoms with Gasteiger partial charge in [-0.25, -0.2) is 8.42 Å². The number of hydrogen-bond donors (Lipinski definition) is 0. The summed E-state index contributed by atoms with van der Waals surface area (Å²) >= 11 is 5.41. The Balaban J connectivity index is 2.50. The summed E-state index contributed by atoms with van der Waals surface area (Å²) in [5.41, 5.74) is -0.460. The van der Waals surface area contributed by atoms with Gasteiger partial charge in [-0.2, -0.15) is 0 Å². The maximum Gasteiger partial charge on any atom is 0.289 e. The number of nitro groups is 1. The van der Waals surface area contributed by atoms with Crippen LogP contribution in [0.25, 0.3) is 0 Å². The molecule has 0 saturated carbocycles. The lowest BCUT2D eigenvalue weighted by Gasteiger charge is -2.23. The maximum absolute atomic E-state index is 13.0. The number of nitrogens with zero attached hydrogens (tertiary/aromatic N) is 2. The topological polar surface area (TPSA) is 107 Å². The highest BCUT2D eigenvalue weighted by atomic mass is 35.5. The summed E-state index contributed by atoms with van der Waals surface area (Å²) < 4.78 is 32.2. The van der Waals surface area contributed by atoms with Crippen LogP contribution in [0.4, 0.5) is 11.4 Å². The van der Waals surface area contributed by atoms with Crippen LogP contribution in [0.15, 0.2) is 53.4 Å². The average Bonchev–Trinajstić information content (AvgIpc) is 2.64. The zero-order chi connectivity index (χ0) is 20.0. The molecule has 0 unspecified atom stereocenters. The second-order valence-electron chi connectivity index (χ2n) is 5.43. The molecule has 0 heterocycles. The van der Waals surface area contributed by atoms with Crippen molar-refractivity contribution in [3.8, 4) is 5.75 Å². The largest absolute Gasteiger partial charge is 0.494 e. The minimum Gasteiger partial charge on any atom is -0.494 e. The third-order valence-electron chi connectivity index (χ3n) is 3.50. The van der Waals surface area contributed by atoms with Crippen molar-refractivity contribution in [2.24, 2.45) is 0 Å². The summed E-state index contributed by atoms with van der Waals surface area (Å²) in [6.07, 6.45) is 0.806. The van der Waals surface area contributed by atoms with Crippen molar-refractivity contribution >= 4 is 38.2 Å². The van der Waals surface area contributed by atoms with Crippen molar-refractivity contribution in [1.29, 1.82) is 0 Å². The van der Waals surface area contributed by atoms with E-state index < -0.39 is 37.3 Å².